The van der Waals surface area contributed by atoms with E-state index in [4.69, 9.17) is 11.6 Å². The van der Waals surface area contributed by atoms with E-state index >= 15 is 0 Å². The molecule has 0 aromatic heterocycles. The topological polar surface area (TPSA) is 40.5 Å². The SMILES string of the molecule is CC1(O)CCCN(CCC(=O)c2cccc(Cl)c2)CC1. The first kappa shape index (κ1) is 15.5. The molecule has 1 aliphatic heterocycles. The lowest BCUT2D eigenvalue weighted by Gasteiger charge is -2.22. The molecule has 1 fully saturated rings. The Morgan fingerprint density at radius 2 is 2.20 bits per heavy atom. The number of Topliss-reactive ketones (excluding diaryl/α,β-unsaturated/α-hetero) is 1. The monoisotopic (exact) mass is 295 g/mol. The highest BCUT2D eigenvalue weighted by Crippen LogP contribution is 2.21. The molecule has 1 atom stereocenters. The molecule has 1 N–H and O–H groups in total. The van der Waals surface area contributed by atoms with E-state index in [9.17, 15) is 9.90 Å². The van der Waals surface area contributed by atoms with Gasteiger partial charge < -0.3 is 10.0 Å². The summed E-state index contributed by atoms with van der Waals surface area (Å²) in [7, 11) is 0. The van der Waals surface area contributed by atoms with Gasteiger partial charge in [-0.3, -0.25) is 4.79 Å². The molecule has 0 bridgehead atoms. The van der Waals surface area contributed by atoms with Gasteiger partial charge in [0.1, 0.15) is 0 Å². The van der Waals surface area contributed by atoms with Crippen LogP contribution in [-0.4, -0.2) is 41.0 Å². The van der Waals surface area contributed by atoms with Gasteiger partial charge >= 0.3 is 0 Å². The third-order valence-corrected chi connectivity index (χ3v) is 4.19. The molecule has 0 aliphatic carbocycles. The largest absolute Gasteiger partial charge is 0.390 e. The Balaban J connectivity index is 1.84. The number of rotatable bonds is 4. The summed E-state index contributed by atoms with van der Waals surface area (Å²) < 4.78 is 0. The van der Waals surface area contributed by atoms with Crippen molar-refractivity contribution in [2.45, 2.75) is 38.2 Å². The van der Waals surface area contributed by atoms with Crippen molar-refractivity contribution in [3.8, 4) is 0 Å². The standard InChI is InChI=1S/C16H22ClNO2/c1-16(20)7-3-9-18(11-8-16)10-6-15(19)13-4-2-5-14(17)12-13/h2,4-5,12,20H,3,6-11H2,1H3. The fourth-order valence-electron chi connectivity index (χ4n) is 2.61. The Kier molecular flexibility index (Phi) is 5.19. The van der Waals surface area contributed by atoms with E-state index in [1.807, 2.05) is 6.92 Å². The molecule has 1 aromatic carbocycles. The molecule has 110 valence electrons. The number of nitrogens with zero attached hydrogens (tertiary/aromatic N) is 1. The maximum absolute atomic E-state index is 12.1. The van der Waals surface area contributed by atoms with Gasteiger partial charge in [-0.15, -0.1) is 0 Å². The van der Waals surface area contributed by atoms with Crippen molar-refractivity contribution in [2.24, 2.45) is 0 Å². The lowest BCUT2D eigenvalue weighted by Crippen LogP contribution is -2.30. The van der Waals surface area contributed by atoms with E-state index in [2.05, 4.69) is 4.90 Å². The minimum atomic E-state index is -0.550. The van der Waals surface area contributed by atoms with Gasteiger partial charge in [0, 0.05) is 30.1 Å². The van der Waals surface area contributed by atoms with Crippen LogP contribution in [0.25, 0.3) is 0 Å². The summed E-state index contributed by atoms with van der Waals surface area (Å²) in [5.74, 6) is 0.128. The van der Waals surface area contributed by atoms with Crippen LogP contribution in [0.5, 0.6) is 0 Å². The molecule has 2 rings (SSSR count). The fraction of sp³-hybridized carbons (Fsp3) is 0.562. The number of halogens is 1. The first-order valence-electron chi connectivity index (χ1n) is 7.20. The van der Waals surface area contributed by atoms with Crippen LogP contribution in [-0.2, 0) is 0 Å². The van der Waals surface area contributed by atoms with Crippen molar-refractivity contribution in [3.63, 3.8) is 0 Å². The van der Waals surface area contributed by atoms with E-state index in [-0.39, 0.29) is 5.78 Å². The number of likely N-dealkylation sites (tertiary alicyclic amines) is 1. The van der Waals surface area contributed by atoms with Crippen molar-refractivity contribution in [1.82, 2.24) is 4.90 Å². The van der Waals surface area contributed by atoms with Gasteiger partial charge in [-0.1, -0.05) is 23.7 Å². The van der Waals surface area contributed by atoms with E-state index in [1.54, 1.807) is 24.3 Å². The number of hydrogen-bond donors (Lipinski definition) is 1. The molecule has 4 heteroatoms. The highest BCUT2D eigenvalue weighted by Gasteiger charge is 2.24. The number of carbonyl (C=O) groups excluding carboxylic acids is 1. The molecule has 1 saturated heterocycles. The van der Waals surface area contributed by atoms with E-state index in [0.717, 1.165) is 38.9 Å². The molecule has 20 heavy (non-hydrogen) atoms. The summed E-state index contributed by atoms with van der Waals surface area (Å²) in [6, 6.07) is 7.10. The number of ketones is 1. The summed E-state index contributed by atoms with van der Waals surface area (Å²) >= 11 is 5.90. The zero-order valence-corrected chi connectivity index (χ0v) is 12.7. The van der Waals surface area contributed by atoms with Gasteiger partial charge in [0.15, 0.2) is 5.78 Å². The molecule has 0 spiro atoms. The van der Waals surface area contributed by atoms with Crippen LogP contribution in [0.3, 0.4) is 0 Å². The molecule has 0 radical (unpaired) electrons. The Morgan fingerprint density at radius 3 is 2.95 bits per heavy atom. The van der Waals surface area contributed by atoms with Gasteiger partial charge in [0.2, 0.25) is 0 Å². The van der Waals surface area contributed by atoms with Crippen LogP contribution >= 0.6 is 11.6 Å². The zero-order chi connectivity index (χ0) is 14.6. The maximum atomic E-state index is 12.1. The van der Waals surface area contributed by atoms with Gasteiger partial charge in [0.05, 0.1) is 5.60 Å². The highest BCUT2D eigenvalue weighted by atomic mass is 35.5. The second-order valence-electron chi connectivity index (χ2n) is 5.88. The summed E-state index contributed by atoms with van der Waals surface area (Å²) in [5.41, 5.74) is 0.130. The van der Waals surface area contributed by atoms with Crippen molar-refractivity contribution in [2.75, 3.05) is 19.6 Å². The number of aliphatic hydroxyl groups is 1. The first-order valence-corrected chi connectivity index (χ1v) is 7.58. The third kappa shape index (κ3) is 4.58. The second kappa shape index (κ2) is 6.70. The van der Waals surface area contributed by atoms with Crippen LogP contribution in [0.15, 0.2) is 24.3 Å². The van der Waals surface area contributed by atoms with Gasteiger partial charge in [-0.05, 0) is 44.9 Å². The Morgan fingerprint density at radius 1 is 1.40 bits per heavy atom. The van der Waals surface area contributed by atoms with Crippen molar-refractivity contribution in [1.29, 1.82) is 0 Å². The lowest BCUT2D eigenvalue weighted by molar-refractivity contribution is 0.0447. The summed E-state index contributed by atoms with van der Waals surface area (Å²) in [5, 5.41) is 10.6. The maximum Gasteiger partial charge on any atom is 0.164 e. The highest BCUT2D eigenvalue weighted by molar-refractivity contribution is 6.31. The van der Waals surface area contributed by atoms with E-state index in [1.165, 1.54) is 0 Å². The number of hydrogen-bond acceptors (Lipinski definition) is 3. The van der Waals surface area contributed by atoms with Crippen LogP contribution in [0.1, 0.15) is 43.0 Å². The first-order chi connectivity index (χ1) is 9.46. The lowest BCUT2D eigenvalue weighted by atomic mass is 9.98. The van der Waals surface area contributed by atoms with Crippen LogP contribution in [0.2, 0.25) is 5.02 Å². The molecule has 0 saturated carbocycles. The Bertz CT molecular complexity index is 473. The van der Waals surface area contributed by atoms with Crippen molar-refractivity contribution >= 4 is 17.4 Å². The normalized spacial score (nSPS) is 24.4. The molecule has 1 unspecified atom stereocenters. The quantitative estimate of drug-likeness (QED) is 0.868. The van der Waals surface area contributed by atoms with Crippen molar-refractivity contribution in [3.05, 3.63) is 34.9 Å². The minimum Gasteiger partial charge on any atom is -0.390 e. The second-order valence-corrected chi connectivity index (χ2v) is 6.31. The predicted molar refractivity (Wildman–Crippen MR) is 81.3 cm³/mol. The smallest absolute Gasteiger partial charge is 0.164 e. The van der Waals surface area contributed by atoms with Crippen LogP contribution in [0, 0.1) is 0 Å². The number of carbonyl (C=O) groups is 1. The van der Waals surface area contributed by atoms with Gasteiger partial charge in [-0.2, -0.15) is 0 Å². The molecule has 0 amide bonds. The third-order valence-electron chi connectivity index (χ3n) is 3.96. The van der Waals surface area contributed by atoms with Gasteiger partial charge in [0.25, 0.3) is 0 Å². The van der Waals surface area contributed by atoms with E-state index in [0.29, 0.717) is 17.0 Å². The van der Waals surface area contributed by atoms with Crippen LogP contribution in [0.4, 0.5) is 0 Å². The molecule has 3 nitrogen and oxygen atoms in total. The average molecular weight is 296 g/mol. The van der Waals surface area contributed by atoms with Gasteiger partial charge in [-0.25, -0.2) is 0 Å². The van der Waals surface area contributed by atoms with E-state index < -0.39 is 5.60 Å². The fourth-order valence-corrected chi connectivity index (χ4v) is 2.80. The predicted octanol–water partition coefficient (Wildman–Crippen LogP) is 3.15. The Hall–Kier alpha value is -0.900. The molecular formula is C16H22ClNO2. The zero-order valence-electron chi connectivity index (χ0n) is 11.9. The number of benzene rings is 1. The van der Waals surface area contributed by atoms with Crippen molar-refractivity contribution < 1.29 is 9.90 Å². The average Bonchev–Trinajstić information content (AvgIpc) is 2.57. The Labute approximate surface area is 125 Å². The van der Waals surface area contributed by atoms with Crippen LogP contribution < -0.4 is 0 Å². The summed E-state index contributed by atoms with van der Waals surface area (Å²) in [4.78, 5) is 14.4. The molecule has 1 heterocycles. The summed E-state index contributed by atoms with van der Waals surface area (Å²) in [6.07, 6.45) is 3.10. The molecule has 1 aromatic rings. The molecule has 1 aliphatic rings. The molecular weight excluding hydrogens is 274 g/mol. The summed E-state index contributed by atoms with van der Waals surface area (Å²) in [6.45, 7) is 4.46. The minimum absolute atomic E-state index is 0.128.